The fourth-order valence-electron chi connectivity index (χ4n) is 3.38. The number of fused-ring (bicyclic) bond motifs is 1. The van der Waals surface area contributed by atoms with Gasteiger partial charge in [-0.05, 0) is 37.5 Å². The number of nitrogens with one attached hydrogen (secondary N) is 3. The number of aromatic hydroxyl groups is 1. The second-order valence-corrected chi connectivity index (χ2v) is 6.56. The minimum absolute atomic E-state index is 0.0504. The highest BCUT2D eigenvalue weighted by molar-refractivity contribution is 5.57. The SMILES string of the molecule is Cc1[nH]c(=O)n(-c2cc(Cc3n[nH]c(=O)c4c3NCCC4)ccc2F)c1O. The summed E-state index contributed by atoms with van der Waals surface area (Å²) in [4.78, 5) is 26.4. The van der Waals surface area contributed by atoms with Crippen LogP contribution in [0, 0.1) is 12.7 Å². The minimum Gasteiger partial charge on any atom is -0.493 e. The summed E-state index contributed by atoms with van der Waals surface area (Å²) in [6.07, 6.45) is 1.88. The normalized spacial score (nSPS) is 13.3. The Bertz CT molecular complexity index is 1140. The molecule has 0 saturated carbocycles. The van der Waals surface area contributed by atoms with Crippen molar-refractivity contribution >= 4 is 5.69 Å². The Morgan fingerprint density at radius 3 is 2.89 bits per heavy atom. The number of aryl methyl sites for hydroxylation is 1. The van der Waals surface area contributed by atoms with E-state index in [4.69, 9.17) is 0 Å². The van der Waals surface area contributed by atoms with Crippen molar-refractivity contribution in [3.8, 4) is 11.6 Å². The highest BCUT2D eigenvalue weighted by atomic mass is 19.1. The Balaban J connectivity index is 1.77. The minimum atomic E-state index is -0.635. The van der Waals surface area contributed by atoms with Gasteiger partial charge >= 0.3 is 5.69 Å². The lowest BCUT2D eigenvalue weighted by Crippen LogP contribution is -2.25. The van der Waals surface area contributed by atoms with Crippen LogP contribution in [0.4, 0.5) is 10.1 Å². The van der Waals surface area contributed by atoms with E-state index in [-0.39, 0.29) is 22.8 Å². The zero-order valence-electron chi connectivity index (χ0n) is 14.6. The Hall–Kier alpha value is -3.36. The summed E-state index contributed by atoms with van der Waals surface area (Å²) in [7, 11) is 0. The molecule has 4 rings (SSSR count). The molecular weight excluding hydrogens is 353 g/mol. The molecular formula is C18H18FN5O3. The third kappa shape index (κ3) is 2.90. The average molecular weight is 371 g/mol. The van der Waals surface area contributed by atoms with Gasteiger partial charge in [-0.1, -0.05) is 6.07 Å². The van der Waals surface area contributed by atoms with Crippen LogP contribution in [0.5, 0.6) is 5.88 Å². The van der Waals surface area contributed by atoms with Crippen molar-refractivity contribution < 1.29 is 9.50 Å². The zero-order chi connectivity index (χ0) is 19.1. The Labute approximate surface area is 152 Å². The quantitative estimate of drug-likeness (QED) is 0.555. The lowest BCUT2D eigenvalue weighted by atomic mass is 10.0. The van der Waals surface area contributed by atoms with Gasteiger partial charge in [-0.3, -0.25) is 4.79 Å². The summed E-state index contributed by atoms with van der Waals surface area (Å²) >= 11 is 0. The van der Waals surface area contributed by atoms with Crippen LogP contribution < -0.4 is 16.6 Å². The van der Waals surface area contributed by atoms with E-state index in [0.29, 0.717) is 35.3 Å². The van der Waals surface area contributed by atoms with Crippen LogP contribution in [0.15, 0.2) is 27.8 Å². The Kier molecular flexibility index (Phi) is 4.06. The summed E-state index contributed by atoms with van der Waals surface area (Å²) in [6.45, 7) is 2.28. The largest absolute Gasteiger partial charge is 0.493 e. The zero-order valence-corrected chi connectivity index (χ0v) is 14.6. The third-order valence-corrected chi connectivity index (χ3v) is 4.73. The van der Waals surface area contributed by atoms with Crippen molar-refractivity contribution in [1.29, 1.82) is 0 Å². The summed E-state index contributed by atoms with van der Waals surface area (Å²) in [5.41, 5.74) is 2.09. The van der Waals surface area contributed by atoms with Crippen molar-refractivity contribution in [3.63, 3.8) is 0 Å². The van der Waals surface area contributed by atoms with Crippen LogP contribution in [-0.4, -0.2) is 31.4 Å². The summed E-state index contributed by atoms with van der Waals surface area (Å²) in [6, 6.07) is 4.32. The molecule has 3 heterocycles. The van der Waals surface area contributed by atoms with Crippen LogP contribution in [-0.2, 0) is 12.8 Å². The molecule has 0 aliphatic carbocycles. The molecule has 1 aliphatic rings. The second kappa shape index (κ2) is 6.42. The molecule has 9 heteroatoms. The monoisotopic (exact) mass is 371 g/mol. The van der Waals surface area contributed by atoms with E-state index in [2.05, 4.69) is 20.5 Å². The lowest BCUT2D eigenvalue weighted by molar-refractivity contribution is 0.434. The number of imidazole rings is 1. The molecule has 0 unspecified atom stereocenters. The van der Waals surface area contributed by atoms with Crippen molar-refractivity contribution in [2.45, 2.75) is 26.2 Å². The molecule has 0 radical (unpaired) electrons. The number of rotatable bonds is 3. The van der Waals surface area contributed by atoms with Gasteiger partial charge in [0.1, 0.15) is 5.82 Å². The van der Waals surface area contributed by atoms with Crippen LogP contribution in [0.1, 0.15) is 28.9 Å². The molecule has 0 bridgehead atoms. The van der Waals surface area contributed by atoms with Gasteiger partial charge in [0.25, 0.3) is 5.56 Å². The summed E-state index contributed by atoms with van der Waals surface area (Å²) in [5, 5.41) is 19.9. The molecule has 0 atom stereocenters. The first-order chi connectivity index (χ1) is 13.0. The van der Waals surface area contributed by atoms with Crippen LogP contribution in [0.25, 0.3) is 5.69 Å². The van der Waals surface area contributed by atoms with Crippen molar-refractivity contribution in [2.75, 3.05) is 11.9 Å². The van der Waals surface area contributed by atoms with E-state index >= 15 is 0 Å². The molecule has 1 aliphatic heterocycles. The van der Waals surface area contributed by atoms with Gasteiger partial charge in [-0.2, -0.15) is 5.10 Å². The average Bonchev–Trinajstić information content (AvgIpc) is 2.91. The number of aromatic amines is 2. The molecule has 1 aromatic carbocycles. The number of H-pyrrole nitrogens is 2. The van der Waals surface area contributed by atoms with Crippen LogP contribution in [0.3, 0.4) is 0 Å². The van der Waals surface area contributed by atoms with Crippen molar-refractivity contribution in [1.82, 2.24) is 19.7 Å². The van der Waals surface area contributed by atoms with Gasteiger partial charge in [0.05, 0.1) is 22.8 Å². The first kappa shape index (κ1) is 17.1. The van der Waals surface area contributed by atoms with E-state index < -0.39 is 11.5 Å². The first-order valence-electron chi connectivity index (χ1n) is 8.59. The maximum atomic E-state index is 14.3. The molecule has 2 aromatic heterocycles. The van der Waals surface area contributed by atoms with E-state index in [0.717, 1.165) is 17.5 Å². The van der Waals surface area contributed by atoms with Gasteiger partial charge in [-0.15, -0.1) is 0 Å². The van der Waals surface area contributed by atoms with Gasteiger partial charge < -0.3 is 15.4 Å². The maximum Gasteiger partial charge on any atom is 0.333 e. The summed E-state index contributed by atoms with van der Waals surface area (Å²) < 4.78 is 15.2. The molecule has 27 heavy (non-hydrogen) atoms. The first-order valence-corrected chi connectivity index (χ1v) is 8.59. The van der Waals surface area contributed by atoms with Gasteiger partial charge in [-0.25, -0.2) is 18.9 Å². The molecule has 140 valence electrons. The molecule has 8 nitrogen and oxygen atoms in total. The Morgan fingerprint density at radius 2 is 2.15 bits per heavy atom. The van der Waals surface area contributed by atoms with E-state index in [1.165, 1.54) is 19.1 Å². The topological polar surface area (TPSA) is 116 Å². The second-order valence-electron chi connectivity index (χ2n) is 6.56. The number of hydrogen-bond acceptors (Lipinski definition) is 5. The molecule has 0 saturated heterocycles. The number of benzene rings is 1. The van der Waals surface area contributed by atoms with Gasteiger partial charge in [0.2, 0.25) is 5.88 Å². The summed E-state index contributed by atoms with van der Waals surface area (Å²) in [5.74, 6) is -0.970. The maximum absolute atomic E-state index is 14.3. The molecule has 0 spiro atoms. The highest BCUT2D eigenvalue weighted by Crippen LogP contribution is 2.26. The number of aromatic nitrogens is 4. The smallest absolute Gasteiger partial charge is 0.333 e. The van der Waals surface area contributed by atoms with Gasteiger partial charge in [0.15, 0.2) is 0 Å². The molecule has 0 fully saturated rings. The van der Waals surface area contributed by atoms with Gasteiger partial charge in [0, 0.05) is 18.5 Å². The number of nitrogens with zero attached hydrogens (tertiary/aromatic N) is 2. The van der Waals surface area contributed by atoms with E-state index in [1.807, 2.05) is 0 Å². The lowest BCUT2D eigenvalue weighted by Gasteiger charge is -2.19. The van der Waals surface area contributed by atoms with Crippen LogP contribution >= 0.6 is 0 Å². The predicted molar refractivity (Wildman–Crippen MR) is 97.2 cm³/mol. The standard InChI is InChI=1S/C18H18FN5O3/c1-9-17(26)24(18(27)21-9)14-8-10(4-5-12(14)19)7-13-15-11(3-2-6-20-15)16(25)23-22-13/h4-5,8,20,26H,2-3,6-7H2,1H3,(H,21,27)(H,23,25). The highest BCUT2D eigenvalue weighted by Gasteiger charge is 2.19. The van der Waals surface area contributed by atoms with Crippen LogP contribution in [0.2, 0.25) is 0 Å². The number of hydrogen-bond donors (Lipinski definition) is 4. The van der Waals surface area contributed by atoms with Crippen molar-refractivity contribution in [3.05, 3.63) is 67.4 Å². The fraction of sp³-hybridized carbons (Fsp3) is 0.278. The number of anilines is 1. The Morgan fingerprint density at radius 1 is 1.33 bits per heavy atom. The van der Waals surface area contributed by atoms with E-state index in [9.17, 15) is 19.1 Å². The molecule has 4 N–H and O–H groups in total. The van der Waals surface area contributed by atoms with Crippen molar-refractivity contribution in [2.24, 2.45) is 0 Å². The number of halogens is 1. The van der Waals surface area contributed by atoms with E-state index in [1.54, 1.807) is 6.07 Å². The molecule has 3 aromatic rings. The molecule has 0 amide bonds. The predicted octanol–water partition coefficient (Wildman–Crippen LogP) is 1.35. The fourth-order valence-corrected chi connectivity index (χ4v) is 3.38. The third-order valence-electron chi connectivity index (χ3n) is 4.73.